The van der Waals surface area contributed by atoms with E-state index in [-0.39, 0.29) is 23.7 Å². The molecule has 120 valence electrons. The van der Waals surface area contributed by atoms with Crippen molar-refractivity contribution in [1.82, 2.24) is 4.90 Å². The van der Waals surface area contributed by atoms with Crippen molar-refractivity contribution >= 4 is 11.8 Å². The maximum absolute atomic E-state index is 12.8. The first-order chi connectivity index (χ1) is 10.2. The number of carbonyl (C=O) groups excluding carboxylic acids is 2. The average molecular weight is 293 g/mol. The highest BCUT2D eigenvalue weighted by molar-refractivity contribution is 5.97. The molecule has 0 aromatic carbocycles. The highest BCUT2D eigenvalue weighted by Crippen LogP contribution is 2.29. The molecule has 0 aromatic heterocycles. The predicted octanol–water partition coefficient (Wildman–Crippen LogP) is 4.30. The van der Waals surface area contributed by atoms with Crippen LogP contribution in [0.3, 0.4) is 0 Å². The van der Waals surface area contributed by atoms with Crippen molar-refractivity contribution in [3.8, 4) is 0 Å². The standard InChI is InChI=1S/C18H31NO2/c1-2-3-14-19(17(20)15-10-6-4-7-11-15)18(21)16-12-8-5-9-13-16/h15-16H,2-14H2,1H3. The summed E-state index contributed by atoms with van der Waals surface area (Å²) in [7, 11) is 0. The van der Waals surface area contributed by atoms with E-state index in [0.717, 1.165) is 64.2 Å². The molecule has 2 rings (SSSR count). The summed E-state index contributed by atoms with van der Waals surface area (Å²) in [5.74, 6) is 0.503. The van der Waals surface area contributed by atoms with Gasteiger partial charge in [-0.25, -0.2) is 0 Å². The Balaban J connectivity index is 2.01. The summed E-state index contributed by atoms with van der Waals surface area (Å²) in [5, 5.41) is 0. The first-order valence-electron chi connectivity index (χ1n) is 9.09. The molecule has 0 heterocycles. The van der Waals surface area contributed by atoms with Crippen LogP contribution >= 0.6 is 0 Å². The van der Waals surface area contributed by atoms with Gasteiger partial charge in [-0.2, -0.15) is 0 Å². The van der Waals surface area contributed by atoms with Crippen LogP contribution in [0.5, 0.6) is 0 Å². The molecular formula is C18H31NO2. The topological polar surface area (TPSA) is 37.4 Å². The molecule has 2 fully saturated rings. The monoisotopic (exact) mass is 293 g/mol. The summed E-state index contributed by atoms with van der Waals surface area (Å²) in [6.45, 7) is 2.76. The molecular weight excluding hydrogens is 262 g/mol. The zero-order valence-electron chi connectivity index (χ0n) is 13.6. The number of hydrogen-bond acceptors (Lipinski definition) is 2. The van der Waals surface area contributed by atoms with E-state index in [0.29, 0.717) is 6.54 Å². The number of unbranched alkanes of at least 4 members (excludes halogenated alkanes) is 1. The van der Waals surface area contributed by atoms with Crippen LogP contribution in [0.2, 0.25) is 0 Å². The molecule has 0 N–H and O–H groups in total. The third-order valence-electron chi connectivity index (χ3n) is 5.18. The van der Waals surface area contributed by atoms with Crippen molar-refractivity contribution < 1.29 is 9.59 Å². The van der Waals surface area contributed by atoms with E-state index < -0.39 is 0 Å². The van der Waals surface area contributed by atoms with Crippen molar-refractivity contribution in [2.24, 2.45) is 11.8 Å². The Morgan fingerprint density at radius 2 is 1.24 bits per heavy atom. The number of rotatable bonds is 5. The van der Waals surface area contributed by atoms with Crippen molar-refractivity contribution in [2.75, 3.05) is 6.54 Å². The van der Waals surface area contributed by atoms with Crippen LogP contribution in [0.25, 0.3) is 0 Å². The molecule has 0 radical (unpaired) electrons. The highest BCUT2D eigenvalue weighted by atomic mass is 16.2. The summed E-state index contributed by atoms with van der Waals surface area (Å²) in [6.07, 6.45) is 13.0. The van der Waals surface area contributed by atoms with Gasteiger partial charge in [0.25, 0.3) is 0 Å². The lowest BCUT2D eigenvalue weighted by atomic mass is 9.86. The number of imide groups is 1. The SMILES string of the molecule is CCCCN(C(=O)C1CCCCC1)C(=O)C1CCCCC1. The van der Waals surface area contributed by atoms with Crippen molar-refractivity contribution in [3.05, 3.63) is 0 Å². The zero-order chi connectivity index (χ0) is 15.1. The summed E-state index contributed by atoms with van der Waals surface area (Å²) < 4.78 is 0. The molecule has 2 aliphatic rings. The van der Waals surface area contributed by atoms with Crippen molar-refractivity contribution in [3.63, 3.8) is 0 Å². The summed E-state index contributed by atoms with van der Waals surface area (Å²) in [4.78, 5) is 27.2. The van der Waals surface area contributed by atoms with Crippen LogP contribution < -0.4 is 0 Å². The van der Waals surface area contributed by atoms with Crippen LogP contribution in [0, 0.1) is 11.8 Å². The van der Waals surface area contributed by atoms with Crippen LogP contribution in [-0.4, -0.2) is 23.3 Å². The normalized spacial score (nSPS) is 21.2. The van der Waals surface area contributed by atoms with Crippen LogP contribution in [0.4, 0.5) is 0 Å². The second-order valence-corrected chi connectivity index (χ2v) is 6.85. The first-order valence-corrected chi connectivity index (χ1v) is 9.09. The van der Waals surface area contributed by atoms with Gasteiger partial charge >= 0.3 is 0 Å². The van der Waals surface area contributed by atoms with Gasteiger partial charge in [-0.3, -0.25) is 14.5 Å². The van der Waals surface area contributed by atoms with E-state index in [1.807, 2.05) is 0 Å². The summed E-state index contributed by atoms with van der Waals surface area (Å²) in [5.41, 5.74) is 0. The smallest absolute Gasteiger partial charge is 0.232 e. The summed E-state index contributed by atoms with van der Waals surface area (Å²) >= 11 is 0. The van der Waals surface area contributed by atoms with Gasteiger partial charge in [0.1, 0.15) is 0 Å². The molecule has 0 atom stereocenters. The van der Waals surface area contributed by atoms with Crippen LogP contribution in [0.1, 0.15) is 84.0 Å². The molecule has 0 unspecified atom stereocenters. The first kappa shape index (κ1) is 16.5. The fourth-order valence-electron chi connectivity index (χ4n) is 3.79. The fraction of sp³-hybridized carbons (Fsp3) is 0.889. The summed E-state index contributed by atoms with van der Waals surface area (Å²) in [6, 6.07) is 0. The van der Waals surface area contributed by atoms with E-state index in [9.17, 15) is 9.59 Å². The van der Waals surface area contributed by atoms with Gasteiger partial charge in [0, 0.05) is 18.4 Å². The molecule has 2 amide bonds. The maximum atomic E-state index is 12.8. The Bertz CT molecular complexity index is 311. The minimum absolute atomic E-state index is 0.114. The predicted molar refractivity (Wildman–Crippen MR) is 84.8 cm³/mol. The highest BCUT2D eigenvalue weighted by Gasteiger charge is 2.33. The Morgan fingerprint density at radius 3 is 1.62 bits per heavy atom. The number of nitrogens with zero attached hydrogens (tertiary/aromatic N) is 1. The van der Waals surface area contributed by atoms with Gasteiger partial charge in [0.05, 0.1) is 0 Å². The third kappa shape index (κ3) is 4.55. The molecule has 0 spiro atoms. The average Bonchev–Trinajstić information content (AvgIpc) is 2.56. The minimum atomic E-state index is 0.114. The van der Waals surface area contributed by atoms with E-state index in [4.69, 9.17) is 0 Å². The van der Waals surface area contributed by atoms with Gasteiger partial charge in [-0.15, -0.1) is 0 Å². The number of amides is 2. The maximum Gasteiger partial charge on any atom is 0.232 e. The second kappa shape index (κ2) is 8.55. The van der Waals surface area contributed by atoms with Gasteiger partial charge in [-0.05, 0) is 32.1 Å². The molecule has 21 heavy (non-hydrogen) atoms. The fourth-order valence-corrected chi connectivity index (χ4v) is 3.79. The van der Waals surface area contributed by atoms with E-state index in [1.165, 1.54) is 12.8 Å². The Kier molecular flexibility index (Phi) is 6.72. The molecule has 0 aromatic rings. The van der Waals surface area contributed by atoms with Crippen LogP contribution in [-0.2, 0) is 9.59 Å². The van der Waals surface area contributed by atoms with E-state index in [1.54, 1.807) is 4.90 Å². The Morgan fingerprint density at radius 1 is 0.810 bits per heavy atom. The molecule has 3 nitrogen and oxygen atoms in total. The third-order valence-corrected chi connectivity index (χ3v) is 5.18. The zero-order valence-corrected chi connectivity index (χ0v) is 13.6. The minimum Gasteiger partial charge on any atom is -0.282 e. The van der Waals surface area contributed by atoms with Gasteiger partial charge < -0.3 is 0 Å². The quantitative estimate of drug-likeness (QED) is 0.709. The lowest BCUT2D eigenvalue weighted by molar-refractivity contribution is -0.151. The molecule has 0 saturated heterocycles. The molecule has 2 saturated carbocycles. The Labute approximate surface area is 129 Å². The van der Waals surface area contributed by atoms with E-state index >= 15 is 0 Å². The number of hydrogen-bond donors (Lipinski definition) is 0. The van der Waals surface area contributed by atoms with E-state index in [2.05, 4.69) is 6.92 Å². The van der Waals surface area contributed by atoms with Gasteiger partial charge in [0.2, 0.25) is 11.8 Å². The molecule has 0 bridgehead atoms. The Hall–Kier alpha value is -0.860. The van der Waals surface area contributed by atoms with Gasteiger partial charge in [0.15, 0.2) is 0 Å². The molecule has 3 heteroatoms. The largest absolute Gasteiger partial charge is 0.282 e. The van der Waals surface area contributed by atoms with Crippen LogP contribution in [0.15, 0.2) is 0 Å². The molecule has 2 aliphatic carbocycles. The number of carbonyl (C=O) groups is 2. The lowest BCUT2D eigenvalue weighted by Crippen LogP contribution is -2.45. The molecule has 0 aliphatic heterocycles. The van der Waals surface area contributed by atoms with Crippen molar-refractivity contribution in [1.29, 1.82) is 0 Å². The second-order valence-electron chi connectivity index (χ2n) is 6.85. The lowest BCUT2D eigenvalue weighted by Gasteiger charge is -2.31. The van der Waals surface area contributed by atoms with Crippen molar-refractivity contribution in [2.45, 2.75) is 84.0 Å². The van der Waals surface area contributed by atoms with Gasteiger partial charge in [-0.1, -0.05) is 51.9 Å².